The van der Waals surface area contributed by atoms with E-state index in [1.165, 1.54) is 5.56 Å². The van der Waals surface area contributed by atoms with Gasteiger partial charge in [0.05, 0.1) is 12.2 Å². The number of ether oxygens (including phenoxy) is 1. The third kappa shape index (κ3) is 2.18. The monoisotopic (exact) mass is 260 g/mol. The number of aromatic nitrogens is 2. The molecular formula is C14H20N4O. The minimum atomic E-state index is 0.154. The third-order valence-electron chi connectivity index (χ3n) is 3.72. The molecule has 1 fully saturated rings. The molecule has 1 aromatic rings. The second-order valence-electron chi connectivity index (χ2n) is 6.06. The van der Waals surface area contributed by atoms with Crippen molar-refractivity contribution in [2.24, 2.45) is 0 Å². The molecule has 0 N–H and O–H groups in total. The molecule has 0 aromatic carbocycles. The van der Waals surface area contributed by atoms with Crippen molar-refractivity contribution in [3.05, 3.63) is 29.9 Å². The smallest absolute Gasteiger partial charge is 0.232 e. The minimum absolute atomic E-state index is 0.154. The van der Waals surface area contributed by atoms with Crippen LogP contribution >= 0.6 is 0 Å². The van der Waals surface area contributed by atoms with Gasteiger partial charge in [0.1, 0.15) is 6.61 Å². The Kier molecular flexibility index (Phi) is 2.74. The highest BCUT2D eigenvalue weighted by Gasteiger charge is 2.30. The van der Waals surface area contributed by atoms with E-state index < -0.39 is 0 Å². The average molecular weight is 260 g/mol. The molecule has 0 unspecified atom stereocenters. The molecule has 19 heavy (non-hydrogen) atoms. The number of rotatable bonds is 1. The standard InChI is InChI=1S/C14H20N4O/c1-10-18(5-6-19-10)13-15-7-11-8-17(14(2,3)4)9-12(11)16-13/h7H,1,5-6,8-9H2,2-4H3. The first-order chi connectivity index (χ1) is 8.95. The lowest BCUT2D eigenvalue weighted by Gasteiger charge is -2.30. The predicted molar refractivity (Wildman–Crippen MR) is 73.5 cm³/mol. The maximum Gasteiger partial charge on any atom is 0.232 e. The van der Waals surface area contributed by atoms with Gasteiger partial charge in [-0.1, -0.05) is 0 Å². The SMILES string of the molecule is C=C1OCCN1c1ncc2c(n1)CN(C(C)(C)C)C2. The highest BCUT2D eigenvalue weighted by Crippen LogP contribution is 2.29. The van der Waals surface area contributed by atoms with Crippen molar-refractivity contribution in [2.45, 2.75) is 39.4 Å². The fourth-order valence-electron chi connectivity index (χ4n) is 2.42. The topological polar surface area (TPSA) is 41.5 Å². The summed E-state index contributed by atoms with van der Waals surface area (Å²) in [6, 6.07) is 0. The summed E-state index contributed by atoms with van der Waals surface area (Å²) in [5.74, 6) is 1.35. The Labute approximate surface area is 113 Å². The van der Waals surface area contributed by atoms with Gasteiger partial charge in [-0.05, 0) is 27.4 Å². The van der Waals surface area contributed by atoms with Gasteiger partial charge in [0.2, 0.25) is 5.95 Å². The van der Waals surface area contributed by atoms with Crippen molar-refractivity contribution >= 4 is 5.95 Å². The largest absolute Gasteiger partial charge is 0.477 e. The van der Waals surface area contributed by atoms with E-state index in [1.54, 1.807) is 0 Å². The Morgan fingerprint density at radius 1 is 1.32 bits per heavy atom. The van der Waals surface area contributed by atoms with Gasteiger partial charge in [0.25, 0.3) is 0 Å². The van der Waals surface area contributed by atoms with Crippen LogP contribution in [0.25, 0.3) is 0 Å². The van der Waals surface area contributed by atoms with Crippen LogP contribution in [-0.2, 0) is 17.8 Å². The number of hydrogen-bond donors (Lipinski definition) is 0. The third-order valence-corrected chi connectivity index (χ3v) is 3.72. The van der Waals surface area contributed by atoms with Crippen molar-refractivity contribution in [1.82, 2.24) is 14.9 Å². The molecule has 0 amide bonds. The van der Waals surface area contributed by atoms with Crippen LogP contribution in [-0.4, -0.2) is 33.6 Å². The van der Waals surface area contributed by atoms with E-state index in [9.17, 15) is 0 Å². The Hall–Kier alpha value is -1.62. The first-order valence-corrected chi connectivity index (χ1v) is 6.64. The summed E-state index contributed by atoms with van der Waals surface area (Å²) in [6.07, 6.45) is 1.94. The molecule has 0 bridgehead atoms. The summed E-state index contributed by atoms with van der Waals surface area (Å²) in [4.78, 5) is 13.5. The molecule has 0 saturated carbocycles. The molecule has 1 saturated heterocycles. The van der Waals surface area contributed by atoms with Crippen molar-refractivity contribution < 1.29 is 4.74 Å². The van der Waals surface area contributed by atoms with Crippen LogP contribution in [0, 0.1) is 0 Å². The Balaban J connectivity index is 1.85. The fraction of sp³-hybridized carbons (Fsp3) is 0.571. The van der Waals surface area contributed by atoms with E-state index in [0.29, 0.717) is 18.4 Å². The molecule has 3 rings (SSSR count). The summed E-state index contributed by atoms with van der Waals surface area (Å²) in [7, 11) is 0. The number of hydrogen-bond acceptors (Lipinski definition) is 5. The molecule has 5 nitrogen and oxygen atoms in total. The fourth-order valence-corrected chi connectivity index (χ4v) is 2.42. The number of nitrogens with zero attached hydrogens (tertiary/aromatic N) is 4. The molecule has 2 aliphatic heterocycles. The van der Waals surface area contributed by atoms with E-state index in [-0.39, 0.29) is 5.54 Å². The van der Waals surface area contributed by atoms with Gasteiger partial charge in [-0.25, -0.2) is 9.97 Å². The summed E-state index contributed by atoms with van der Waals surface area (Å²) in [5.41, 5.74) is 2.50. The van der Waals surface area contributed by atoms with Crippen LogP contribution < -0.4 is 4.90 Å². The normalized spacial score (nSPS) is 19.7. The molecule has 2 aliphatic rings. The van der Waals surface area contributed by atoms with E-state index in [1.807, 2.05) is 11.1 Å². The van der Waals surface area contributed by atoms with Gasteiger partial charge in [-0.3, -0.25) is 9.80 Å². The van der Waals surface area contributed by atoms with Gasteiger partial charge in [-0.15, -0.1) is 0 Å². The van der Waals surface area contributed by atoms with Crippen LogP contribution in [0.1, 0.15) is 32.0 Å². The Morgan fingerprint density at radius 2 is 2.11 bits per heavy atom. The van der Waals surface area contributed by atoms with Crippen molar-refractivity contribution in [1.29, 1.82) is 0 Å². The molecule has 1 aromatic heterocycles. The zero-order valence-electron chi connectivity index (χ0n) is 11.8. The summed E-state index contributed by atoms with van der Waals surface area (Å²) >= 11 is 0. The average Bonchev–Trinajstić information content (AvgIpc) is 2.92. The van der Waals surface area contributed by atoms with Crippen LogP contribution in [0.3, 0.4) is 0 Å². The summed E-state index contributed by atoms with van der Waals surface area (Å²) in [5, 5.41) is 0. The molecular weight excluding hydrogens is 240 g/mol. The first-order valence-electron chi connectivity index (χ1n) is 6.64. The summed E-state index contributed by atoms with van der Waals surface area (Å²) in [6.45, 7) is 13.8. The van der Waals surface area contributed by atoms with Crippen LogP contribution in [0.5, 0.6) is 0 Å². The Bertz CT molecular complexity index is 521. The van der Waals surface area contributed by atoms with Crippen LogP contribution in [0.4, 0.5) is 5.95 Å². The van der Waals surface area contributed by atoms with Gasteiger partial charge < -0.3 is 4.74 Å². The molecule has 5 heteroatoms. The van der Waals surface area contributed by atoms with E-state index >= 15 is 0 Å². The molecule has 0 spiro atoms. The van der Waals surface area contributed by atoms with Crippen LogP contribution in [0.2, 0.25) is 0 Å². The zero-order chi connectivity index (χ0) is 13.6. The van der Waals surface area contributed by atoms with E-state index in [2.05, 4.69) is 42.2 Å². The molecule has 0 atom stereocenters. The highest BCUT2D eigenvalue weighted by molar-refractivity contribution is 5.40. The zero-order valence-corrected chi connectivity index (χ0v) is 11.8. The van der Waals surface area contributed by atoms with Gasteiger partial charge in [0, 0.05) is 30.4 Å². The van der Waals surface area contributed by atoms with Crippen LogP contribution in [0.15, 0.2) is 18.7 Å². The van der Waals surface area contributed by atoms with Gasteiger partial charge >= 0.3 is 0 Å². The summed E-state index contributed by atoms with van der Waals surface area (Å²) < 4.78 is 5.36. The maximum atomic E-state index is 5.36. The highest BCUT2D eigenvalue weighted by atomic mass is 16.5. The first kappa shape index (κ1) is 12.4. The Morgan fingerprint density at radius 3 is 2.74 bits per heavy atom. The maximum absolute atomic E-state index is 5.36. The molecule has 0 radical (unpaired) electrons. The molecule has 3 heterocycles. The van der Waals surface area contributed by atoms with Crippen molar-refractivity contribution in [3.8, 4) is 0 Å². The lowest BCUT2D eigenvalue weighted by atomic mass is 10.1. The van der Waals surface area contributed by atoms with Gasteiger partial charge in [-0.2, -0.15) is 0 Å². The predicted octanol–water partition coefficient (Wildman–Crippen LogP) is 1.90. The van der Waals surface area contributed by atoms with E-state index in [0.717, 1.165) is 25.3 Å². The quantitative estimate of drug-likeness (QED) is 0.771. The molecule has 0 aliphatic carbocycles. The number of fused-ring (bicyclic) bond motifs is 1. The second-order valence-corrected chi connectivity index (χ2v) is 6.06. The van der Waals surface area contributed by atoms with Crippen molar-refractivity contribution in [3.63, 3.8) is 0 Å². The minimum Gasteiger partial charge on any atom is -0.477 e. The lowest BCUT2D eigenvalue weighted by Crippen LogP contribution is -2.36. The molecule has 102 valence electrons. The second kappa shape index (κ2) is 4.20. The van der Waals surface area contributed by atoms with E-state index in [4.69, 9.17) is 4.74 Å². The number of anilines is 1. The van der Waals surface area contributed by atoms with Gasteiger partial charge in [0.15, 0.2) is 5.88 Å². The lowest BCUT2D eigenvalue weighted by molar-refractivity contribution is 0.135. The van der Waals surface area contributed by atoms with Crippen molar-refractivity contribution in [2.75, 3.05) is 18.1 Å².